The summed E-state index contributed by atoms with van der Waals surface area (Å²) in [6, 6.07) is 5.59. The molecular weight excluding hydrogens is 256 g/mol. The van der Waals surface area contributed by atoms with Gasteiger partial charge in [0.2, 0.25) is 6.79 Å². The van der Waals surface area contributed by atoms with Gasteiger partial charge in [-0.05, 0) is 29.5 Å². The van der Waals surface area contributed by atoms with E-state index in [1.807, 2.05) is 32.0 Å². The van der Waals surface area contributed by atoms with Crippen molar-refractivity contribution < 1.29 is 19.1 Å². The molecule has 0 radical (unpaired) electrons. The van der Waals surface area contributed by atoms with Crippen LogP contribution in [0.2, 0.25) is 0 Å². The Kier molecular flexibility index (Phi) is 3.04. The molecule has 0 atom stereocenters. The normalized spacial score (nSPS) is 21.3. The number of carbonyl (C=O) groups is 2. The maximum absolute atomic E-state index is 12.2. The lowest BCUT2D eigenvalue weighted by molar-refractivity contribution is -0.139. The molecule has 3 rings (SSSR count). The second-order valence-corrected chi connectivity index (χ2v) is 6.39. The van der Waals surface area contributed by atoms with E-state index in [0.717, 1.165) is 11.3 Å². The second kappa shape index (κ2) is 4.62. The predicted octanol–water partition coefficient (Wildman–Crippen LogP) is 2.53. The van der Waals surface area contributed by atoms with Gasteiger partial charge in [-0.25, -0.2) is 0 Å². The summed E-state index contributed by atoms with van der Waals surface area (Å²) >= 11 is 0. The third-order valence-corrected chi connectivity index (χ3v) is 3.96. The quantitative estimate of drug-likeness (QED) is 0.778. The molecule has 0 saturated heterocycles. The van der Waals surface area contributed by atoms with Crippen LogP contribution in [-0.2, 0) is 16.0 Å². The lowest BCUT2D eigenvalue weighted by Gasteiger charge is -2.32. The molecule has 1 saturated carbocycles. The molecule has 0 aromatic heterocycles. The Morgan fingerprint density at radius 3 is 2.45 bits per heavy atom. The van der Waals surface area contributed by atoms with E-state index in [2.05, 4.69) is 0 Å². The van der Waals surface area contributed by atoms with Crippen molar-refractivity contribution in [2.45, 2.75) is 33.1 Å². The highest BCUT2D eigenvalue weighted by molar-refractivity contribution is 6.05. The van der Waals surface area contributed by atoms with E-state index in [1.54, 1.807) is 0 Å². The molecule has 1 aromatic rings. The first-order valence-electron chi connectivity index (χ1n) is 6.89. The van der Waals surface area contributed by atoms with E-state index in [-0.39, 0.29) is 23.8 Å². The third kappa shape index (κ3) is 2.42. The molecule has 4 heteroatoms. The Morgan fingerprint density at radius 2 is 1.75 bits per heavy atom. The van der Waals surface area contributed by atoms with Crippen LogP contribution in [0.5, 0.6) is 11.5 Å². The summed E-state index contributed by atoms with van der Waals surface area (Å²) in [4.78, 5) is 24.4. The molecule has 1 heterocycles. The molecule has 0 spiro atoms. The average molecular weight is 274 g/mol. The number of hydrogen-bond donors (Lipinski definition) is 0. The van der Waals surface area contributed by atoms with Gasteiger partial charge in [0.25, 0.3) is 0 Å². The van der Waals surface area contributed by atoms with Crippen LogP contribution in [0.3, 0.4) is 0 Å². The van der Waals surface area contributed by atoms with Crippen molar-refractivity contribution in [3.05, 3.63) is 23.8 Å². The van der Waals surface area contributed by atoms with E-state index < -0.39 is 5.92 Å². The van der Waals surface area contributed by atoms with Gasteiger partial charge in [0.05, 0.1) is 5.92 Å². The van der Waals surface area contributed by atoms with Gasteiger partial charge < -0.3 is 9.47 Å². The monoisotopic (exact) mass is 274 g/mol. The Hall–Kier alpha value is -1.84. The first-order chi connectivity index (χ1) is 9.44. The van der Waals surface area contributed by atoms with Gasteiger partial charge in [0.1, 0.15) is 11.6 Å². The summed E-state index contributed by atoms with van der Waals surface area (Å²) in [5, 5.41) is 0. The van der Waals surface area contributed by atoms with E-state index in [4.69, 9.17) is 9.47 Å². The van der Waals surface area contributed by atoms with Crippen LogP contribution in [0.25, 0.3) is 0 Å². The Labute approximate surface area is 118 Å². The van der Waals surface area contributed by atoms with Gasteiger partial charge in [-0.1, -0.05) is 19.9 Å². The molecule has 4 nitrogen and oxygen atoms in total. The van der Waals surface area contributed by atoms with Crippen molar-refractivity contribution in [1.29, 1.82) is 0 Å². The van der Waals surface area contributed by atoms with E-state index in [0.29, 0.717) is 25.0 Å². The van der Waals surface area contributed by atoms with Crippen molar-refractivity contribution >= 4 is 11.6 Å². The standard InChI is InChI=1S/C16H18O4/c1-16(2)7-12(17)11(13(18)8-16)5-10-3-4-14-15(6-10)20-9-19-14/h3-4,6,11H,5,7-9H2,1-2H3. The number of rotatable bonds is 2. The first-order valence-corrected chi connectivity index (χ1v) is 6.89. The van der Waals surface area contributed by atoms with E-state index >= 15 is 0 Å². The third-order valence-electron chi connectivity index (χ3n) is 3.96. The van der Waals surface area contributed by atoms with Crippen molar-refractivity contribution in [3.63, 3.8) is 0 Å². The predicted molar refractivity (Wildman–Crippen MR) is 72.8 cm³/mol. The van der Waals surface area contributed by atoms with Gasteiger partial charge in [0, 0.05) is 12.8 Å². The number of ketones is 2. The lowest BCUT2D eigenvalue weighted by Crippen LogP contribution is -2.38. The molecule has 0 N–H and O–H groups in total. The van der Waals surface area contributed by atoms with Gasteiger partial charge >= 0.3 is 0 Å². The van der Waals surface area contributed by atoms with Crippen LogP contribution in [-0.4, -0.2) is 18.4 Å². The van der Waals surface area contributed by atoms with Crippen LogP contribution in [0, 0.1) is 11.3 Å². The number of fused-ring (bicyclic) bond motifs is 1. The molecule has 0 amide bonds. The minimum absolute atomic E-state index is 0.0592. The van der Waals surface area contributed by atoms with Crippen LogP contribution >= 0.6 is 0 Å². The number of ether oxygens (including phenoxy) is 2. The van der Waals surface area contributed by atoms with Gasteiger partial charge in [0.15, 0.2) is 11.5 Å². The molecule has 1 aliphatic carbocycles. The van der Waals surface area contributed by atoms with Gasteiger partial charge in [-0.15, -0.1) is 0 Å². The minimum Gasteiger partial charge on any atom is -0.454 e. The number of carbonyl (C=O) groups excluding carboxylic acids is 2. The van der Waals surface area contributed by atoms with Crippen LogP contribution in [0.4, 0.5) is 0 Å². The van der Waals surface area contributed by atoms with Crippen molar-refractivity contribution in [2.24, 2.45) is 11.3 Å². The summed E-state index contributed by atoms with van der Waals surface area (Å²) in [6.45, 7) is 4.17. The van der Waals surface area contributed by atoms with Crippen molar-refractivity contribution in [1.82, 2.24) is 0 Å². The summed E-state index contributed by atoms with van der Waals surface area (Å²) < 4.78 is 10.6. The summed E-state index contributed by atoms with van der Waals surface area (Å²) in [7, 11) is 0. The number of Topliss-reactive ketones (excluding diaryl/α,β-unsaturated/α-hetero) is 2. The highest BCUT2D eigenvalue weighted by Gasteiger charge is 2.39. The molecule has 0 unspecified atom stereocenters. The topological polar surface area (TPSA) is 52.6 Å². The molecule has 1 fully saturated rings. The molecule has 0 bridgehead atoms. The molecule has 2 aliphatic rings. The first kappa shape index (κ1) is 13.2. The molecular formula is C16H18O4. The van der Waals surface area contributed by atoms with Crippen molar-refractivity contribution in [2.75, 3.05) is 6.79 Å². The zero-order valence-corrected chi connectivity index (χ0v) is 11.8. The highest BCUT2D eigenvalue weighted by Crippen LogP contribution is 2.37. The van der Waals surface area contributed by atoms with E-state index in [9.17, 15) is 9.59 Å². The second-order valence-electron chi connectivity index (χ2n) is 6.39. The highest BCUT2D eigenvalue weighted by atomic mass is 16.7. The fourth-order valence-electron chi connectivity index (χ4n) is 2.96. The SMILES string of the molecule is CC1(C)CC(=O)C(Cc2ccc3c(c2)OCO3)C(=O)C1. The maximum atomic E-state index is 12.2. The summed E-state index contributed by atoms with van der Waals surface area (Å²) in [6.07, 6.45) is 1.42. The zero-order valence-electron chi connectivity index (χ0n) is 11.8. The zero-order chi connectivity index (χ0) is 14.3. The minimum atomic E-state index is -0.497. The van der Waals surface area contributed by atoms with Gasteiger partial charge in [-0.2, -0.15) is 0 Å². The Morgan fingerprint density at radius 1 is 1.10 bits per heavy atom. The molecule has 106 valence electrons. The van der Waals surface area contributed by atoms with E-state index in [1.165, 1.54) is 0 Å². The fourth-order valence-corrected chi connectivity index (χ4v) is 2.96. The molecule has 1 aliphatic heterocycles. The maximum Gasteiger partial charge on any atom is 0.231 e. The van der Waals surface area contributed by atoms with Crippen LogP contribution in [0.15, 0.2) is 18.2 Å². The summed E-state index contributed by atoms with van der Waals surface area (Å²) in [5.41, 5.74) is 0.750. The van der Waals surface area contributed by atoms with Crippen LogP contribution in [0.1, 0.15) is 32.3 Å². The average Bonchev–Trinajstić information content (AvgIpc) is 2.80. The summed E-state index contributed by atoms with van der Waals surface area (Å²) in [5.74, 6) is 1.03. The Balaban J connectivity index is 1.77. The smallest absolute Gasteiger partial charge is 0.231 e. The molecule has 20 heavy (non-hydrogen) atoms. The van der Waals surface area contributed by atoms with Gasteiger partial charge in [-0.3, -0.25) is 9.59 Å². The molecule has 1 aromatic carbocycles. The van der Waals surface area contributed by atoms with Crippen LogP contribution < -0.4 is 9.47 Å². The Bertz CT molecular complexity index is 554. The number of hydrogen-bond acceptors (Lipinski definition) is 4. The largest absolute Gasteiger partial charge is 0.454 e. The lowest BCUT2D eigenvalue weighted by atomic mass is 9.70. The number of benzene rings is 1. The van der Waals surface area contributed by atoms with Crippen molar-refractivity contribution in [3.8, 4) is 11.5 Å². The fraction of sp³-hybridized carbons (Fsp3) is 0.500.